The van der Waals surface area contributed by atoms with Gasteiger partial charge in [0.25, 0.3) is 0 Å². The van der Waals surface area contributed by atoms with Crippen LogP contribution < -0.4 is 0 Å². The van der Waals surface area contributed by atoms with Crippen molar-refractivity contribution in [3.63, 3.8) is 0 Å². The molecule has 128 valence electrons. The topological polar surface area (TPSA) is 71.3 Å². The molecule has 0 saturated carbocycles. The molecule has 0 bridgehead atoms. The zero-order valence-electron chi connectivity index (χ0n) is 13.9. The summed E-state index contributed by atoms with van der Waals surface area (Å²) in [4.78, 5) is 4.41. The number of hydrogen-bond acceptors (Lipinski definition) is 5. The third-order valence-corrected chi connectivity index (χ3v) is 3.82. The molecule has 0 spiro atoms. The van der Waals surface area contributed by atoms with Gasteiger partial charge in [-0.1, -0.05) is 18.2 Å². The summed E-state index contributed by atoms with van der Waals surface area (Å²) in [6.45, 7) is 4.52. The minimum Gasteiger partial charge on any atom is -0.393 e. The number of ether oxygens (including phenoxy) is 2. The summed E-state index contributed by atoms with van der Waals surface area (Å²) in [6.07, 6.45) is 3.95. The largest absolute Gasteiger partial charge is 0.393 e. The Labute approximate surface area is 138 Å². The Bertz CT molecular complexity index is 497. The average molecular weight is 321 g/mol. The molecule has 1 aliphatic rings. The number of nitrogens with zero attached hydrogens (tertiary/aromatic N) is 1. The summed E-state index contributed by atoms with van der Waals surface area (Å²) in [6, 6.07) is 7.78. The molecule has 5 heteroatoms. The van der Waals surface area contributed by atoms with Crippen LogP contribution in [0.15, 0.2) is 29.3 Å². The molecule has 2 N–H and O–H groups in total. The fourth-order valence-electron chi connectivity index (χ4n) is 2.58. The zero-order valence-corrected chi connectivity index (χ0v) is 13.9. The Morgan fingerprint density at radius 1 is 1.00 bits per heavy atom. The first-order valence-corrected chi connectivity index (χ1v) is 8.32. The van der Waals surface area contributed by atoms with Gasteiger partial charge in [0, 0.05) is 5.56 Å². The number of benzene rings is 1. The van der Waals surface area contributed by atoms with E-state index in [4.69, 9.17) is 9.47 Å². The van der Waals surface area contributed by atoms with Crippen molar-refractivity contribution in [1.29, 1.82) is 0 Å². The van der Waals surface area contributed by atoms with Gasteiger partial charge in [-0.05, 0) is 45.6 Å². The Hall–Kier alpha value is -1.27. The van der Waals surface area contributed by atoms with Crippen molar-refractivity contribution < 1.29 is 19.7 Å². The van der Waals surface area contributed by atoms with E-state index in [2.05, 4.69) is 4.99 Å². The van der Waals surface area contributed by atoms with E-state index in [9.17, 15) is 10.2 Å². The first-order valence-electron chi connectivity index (χ1n) is 8.32. The highest BCUT2D eigenvalue weighted by Gasteiger charge is 2.38. The molecule has 1 heterocycles. The smallest absolute Gasteiger partial charge is 0.234 e. The lowest BCUT2D eigenvalue weighted by molar-refractivity contribution is -0.193. The van der Waals surface area contributed by atoms with Gasteiger partial charge >= 0.3 is 0 Å². The minimum atomic E-state index is -0.950. The first-order chi connectivity index (χ1) is 11.0. The Morgan fingerprint density at radius 3 is 2.13 bits per heavy atom. The van der Waals surface area contributed by atoms with Gasteiger partial charge in [-0.2, -0.15) is 0 Å². The number of aliphatic hydroxyl groups is 2. The molecular weight excluding hydrogens is 294 g/mol. The van der Waals surface area contributed by atoms with Crippen molar-refractivity contribution in [2.75, 3.05) is 13.2 Å². The van der Waals surface area contributed by atoms with E-state index in [-0.39, 0.29) is 12.2 Å². The van der Waals surface area contributed by atoms with E-state index >= 15 is 0 Å². The van der Waals surface area contributed by atoms with Crippen LogP contribution in [-0.2, 0) is 15.3 Å². The molecule has 2 atom stereocenters. The lowest BCUT2D eigenvalue weighted by Gasteiger charge is -2.28. The summed E-state index contributed by atoms with van der Waals surface area (Å²) in [7, 11) is 0. The SMILES string of the molecule is CC(O)CCCOC1(OCCCC(C)O)C=Nc2ccccc21. The number of rotatable bonds is 10. The molecule has 0 aromatic heterocycles. The van der Waals surface area contributed by atoms with Crippen molar-refractivity contribution in [2.45, 2.75) is 57.5 Å². The van der Waals surface area contributed by atoms with Gasteiger partial charge in [-0.25, -0.2) is 0 Å². The van der Waals surface area contributed by atoms with E-state index in [1.807, 2.05) is 24.3 Å². The second kappa shape index (κ2) is 8.55. The highest BCUT2D eigenvalue weighted by molar-refractivity contribution is 5.81. The number of aliphatic hydroxyl groups excluding tert-OH is 2. The van der Waals surface area contributed by atoms with Gasteiger partial charge in [-0.3, -0.25) is 4.99 Å². The van der Waals surface area contributed by atoms with Crippen LogP contribution in [0.4, 0.5) is 5.69 Å². The lowest BCUT2D eigenvalue weighted by atomic mass is 10.1. The summed E-state index contributed by atoms with van der Waals surface area (Å²) in [5.74, 6) is -0.950. The maximum Gasteiger partial charge on any atom is 0.234 e. The molecule has 23 heavy (non-hydrogen) atoms. The summed E-state index contributed by atoms with van der Waals surface area (Å²) in [5.41, 5.74) is 1.77. The number of aliphatic imine (C=N–C) groups is 1. The van der Waals surface area contributed by atoms with Crippen molar-refractivity contribution in [1.82, 2.24) is 0 Å². The zero-order chi connectivity index (χ0) is 16.7. The van der Waals surface area contributed by atoms with Crippen LogP contribution in [0.25, 0.3) is 0 Å². The van der Waals surface area contributed by atoms with Crippen molar-refractivity contribution in [3.8, 4) is 0 Å². The predicted molar refractivity (Wildman–Crippen MR) is 90.0 cm³/mol. The minimum absolute atomic E-state index is 0.328. The maximum atomic E-state index is 9.35. The molecule has 1 aromatic carbocycles. The van der Waals surface area contributed by atoms with Gasteiger partial charge in [-0.15, -0.1) is 0 Å². The van der Waals surface area contributed by atoms with Crippen molar-refractivity contribution in [3.05, 3.63) is 29.8 Å². The molecule has 0 radical (unpaired) electrons. The van der Waals surface area contributed by atoms with Crippen LogP contribution >= 0.6 is 0 Å². The van der Waals surface area contributed by atoms with E-state index < -0.39 is 5.79 Å². The van der Waals surface area contributed by atoms with Gasteiger partial charge in [0.2, 0.25) is 5.79 Å². The molecule has 0 saturated heterocycles. The quantitative estimate of drug-likeness (QED) is 0.513. The Morgan fingerprint density at radius 2 is 1.57 bits per heavy atom. The fraction of sp³-hybridized carbons (Fsp3) is 0.611. The fourth-order valence-corrected chi connectivity index (χ4v) is 2.58. The second-order valence-electron chi connectivity index (χ2n) is 6.12. The van der Waals surface area contributed by atoms with Crippen molar-refractivity contribution in [2.24, 2.45) is 4.99 Å². The molecule has 1 aromatic rings. The number of hydrogen-bond donors (Lipinski definition) is 2. The Balaban J connectivity index is 1.99. The van der Waals surface area contributed by atoms with Crippen LogP contribution in [0.2, 0.25) is 0 Å². The van der Waals surface area contributed by atoms with E-state index in [0.29, 0.717) is 26.1 Å². The highest BCUT2D eigenvalue weighted by atomic mass is 16.7. The summed E-state index contributed by atoms with van der Waals surface area (Å²) in [5, 5.41) is 18.7. The third-order valence-electron chi connectivity index (χ3n) is 3.82. The number of para-hydroxylation sites is 1. The molecule has 5 nitrogen and oxygen atoms in total. The van der Waals surface area contributed by atoms with E-state index in [1.165, 1.54) is 0 Å². The molecule has 2 unspecified atom stereocenters. The normalized spacial score (nSPS) is 22.1. The van der Waals surface area contributed by atoms with Gasteiger partial charge in [0.05, 0.1) is 37.3 Å². The van der Waals surface area contributed by atoms with Crippen molar-refractivity contribution >= 4 is 11.9 Å². The van der Waals surface area contributed by atoms with Crippen LogP contribution in [0, 0.1) is 0 Å². The number of fused-ring (bicyclic) bond motifs is 1. The Kier molecular flexibility index (Phi) is 6.72. The van der Waals surface area contributed by atoms with Gasteiger partial charge < -0.3 is 19.7 Å². The predicted octanol–water partition coefficient (Wildman–Crippen LogP) is 2.91. The van der Waals surface area contributed by atoms with E-state index in [1.54, 1.807) is 20.1 Å². The summed E-state index contributed by atoms with van der Waals surface area (Å²) >= 11 is 0. The van der Waals surface area contributed by atoms with Crippen LogP contribution in [0.5, 0.6) is 0 Å². The molecular formula is C18H27NO4. The molecule has 2 rings (SSSR count). The molecule has 0 amide bonds. The molecule has 0 fully saturated rings. The second-order valence-corrected chi connectivity index (χ2v) is 6.12. The third kappa shape index (κ3) is 5.11. The van der Waals surface area contributed by atoms with E-state index in [0.717, 1.165) is 24.1 Å². The van der Waals surface area contributed by atoms with Gasteiger partial charge in [0.1, 0.15) is 0 Å². The van der Waals surface area contributed by atoms with Gasteiger partial charge in [0.15, 0.2) is 0 Å². The molecule has 0 aliphatic carbocycles. The maximum absolute atomic E-state index is 9.35. The lowest BCUT2D eigenvalue weighted by Crippen LogP contribution is -2.34. The molecule has 1 aliphatic heterocycles. The highest BCUT2D eigenvalue weighted by Crippen LogP contribution is 2.38. The van der Waals surface area contributed by atoms with Crippen LogP contribution in [-0.4, -0.2) is 41.8 Å². The first kappa shape index (κ1) is 18.1. The standard InChI is InChI=1S/C18H27NO4/c1-14(20)7-5-11-22-18(23-12-6-8-15(2)21)13-19-17-10-4-3-9-16(17)18/h3-4,9-10,13-15,20-21H,5-8,11-12H2,1-2H3. The van der Waals surface area contributed by atoms with Crippen LogP contribution in [0.3, 0.4) is 0 Å². The summed E-state index contributed by atoms with van der Waals surface area (Å²) < 4.78 is 12.1. The monoisotopic (exact) mass is 321 g/mol. The van der Waals surface area contributed by atoms with Crippen LogP contribution in [0.1, 0.15) is 45.1 Å². The average Bonchev–Trinajstić information content (AvgIpc) is 2.88.